The van der Waals surface area contributed by atoms with Crippen molar-refractivity contribution in [2.45, 2.75) is 6.11 Å². The molecule has 0 unspecified atom stereocenters. The molecule has 0 saturated carbocycles. The van der Waals surface area contributed by atoms with E-state index in [9.17, 15) is 49.5 Å². The fourth-order valence-corrected chi connectivity index (χ4v) is 3.02. The van der Waals surface area contributed by atoms with Crippen LogP contribution in [0.2, 0.25) is 0 Å². The number of anilines is 1. The normalized spacial score (nSPS) is 14.5. The van der Waals surface area contributed by atoms with Gasteiger partial charge in [-0.15, -0.1) is 0 Å². The molecule has 1 aliphatic rings. The van der Waals surface area contributed by atoms with E-state index in [4.69, 9.17) is 5.11 Å². The first-order valence-corrected chi connectivity index (χ1v) is 8.87. The quantitative estimate of drug-likeness (QED) is 0.389. The maximum Gasteiger partial charge on any atom is 0.482 e. The molecule has 0 aliphatic carbocycles. The molecule has 34 heavy (non-hydrogen) atoms. The van der Waals surface area contributed by atoms with Crippen LogP contribution in [0.3, 0.4) is 0 Å². The van der Waals surface area contributed by atoms with E-state index in [2.05, 4.69) is 4.74 Å². The standard InChI is InChI=1S/C19H10F8N2O5/c1-28(5-11(31)32)10(30)4-29-8-2-6(7(20)3-9(8)34-19(26,27)18(29)33)12-13(21)15(23)17(25)16(24)14(12)22/h2-3H,4-5H2,1H3,(H,31,32). The van der Waals surface area contributed by atoms with E-state index in [0.717, 1.165) is 7.05 Å². The second kappa shape index (κ2) is 8.46. The Labute approximate surface area is 183 Å². The number of halogens is 8. The van der Waals surface area contributed by atoms with Crippen LogP contribution in [0.4, 0.5) is 40.8 Å². The molecule has 2 aromatic rings. The molecule has 3 rings (SSSR count). The van der Waals surface area contributed by atoms with Crippen molar-refractivity contribution in [2.75, 3.05) is 25.0 Å². The third kappa shape index (κ3) is 4.08. The maximum atomic E-state index is 14.6. The first-order valence-electron chi connectivity index (χ1n) is 8.87. The Morgan fingerprint density at radius 2 is 1.53 bits per heavy atom. The zero-order valence-corrected chi connectivity index (χ0v) is 16.6. The van der Waals surface area contributed by atoms with Crippen LogP contribution in [0.25, 0.3) is 11.1 Å². The Balaban J connectivity index is 2.19. The van der Waals surface area contributed by atoms with E-state index in [-0.39, 0.29) is 17.0 Å². The van der Waals surface area contributed by atoms with Crippen molar-refractivity contribution in [3.05, 3.63) is 47.0 Å². The van der Waals surface area contributed by atoms with Crippen LogP contribution < -0.4 is 9.64 Å². The number of carbonyl (C=O) groups excluding carboxylic acids is 2. The van der Waals surface area contributed by atoms with E-state index in [1.54, 1.807) is 0 Å². The minimum Gasteiger partial charge on any atom is -0.480 e. The molecule has 0 aromatic heterocycles. The van der Waals surface area contributed by atoms with E-state index < -0.39 is 94.4 Å². The number of alkyl halides is 2. The summed E-state index contributed by atoms with van der Waals surface area (Å²) >= 11 is 0. The minimum absolute atomic E-state index is 0.00545. The Kier molecular flexibility index (Phi) is 6.15. The summed E-state index contributed by atoms with van der Waals surface area (Å²) in [5.74, 6) is -20.1. The highest BCUT2D eigenvalue weighted by molar-refractivity contribution is 6.05. The molecule has 15 heteroatoms. The Hall–Kier alpha value is -3.91. The average Bonchev–Trinajstić information content (AvgIpc) is 2.74. The Bertz CT molecular complexity index is 1210. The molecule has 7 nitrogen and oxygen atoms in total. The first kappa shape index (κ1) is 24.7. The Morgan fingerprint density at radius 3 is 2.06 bits per heavy atom. The fourth-order valence-electron chi connectivity index (χ4n) is 3.02. The third-order valence-electron chi connectivity index (χ3n) is 4.64. The largest absolute Gasteiger partial charge is 0.482 e. The number of likely N-dealkylation sites (N-methyl/N-ethyl adjacent to an activating group) is 1. The molecule has 0 saturated heterocycles. The molecular weight excluding hydrogens is 488 g/mol. The highest BCUT2D eigenvalue weighted by atomic mass is 19.3. The second-order valence-corrected chi connectivity index (χ2v) is 6.90. The van der Waals surface area contributed by atoms with Gasteiger partial charge in [0.25, 0.3) is 0 Å². The fraction of sp³-hybridized carbons (Fsp3) is 0.211. The minimum atomic E-state index is -4.64. The molecule has 0 bridgehead atoms. The molecule has 2 aromatic carbocycles. The SMILES string of the molecule is CN(CC(=O)O)C(=O)CN1C(=O)C(F)(F)Oc2cc(F)c(-c3c(F)c(F)c(F)c(F)c3F)cc21. The molecule has 2 amide bonds. The number of aliphatic carboxylic acids is 1. The topological polar surface area (TPSA) is 87.2 Å². The van der Waals surface area contributed by atoms with Crippen LogP contribution in [0, 0.1) is 34.9 Å². The van der Waals surface area contributed by atoms with Crippen LogP contribution in [-0.2, 0) is 14.4 Å². The van der Waals surface area contributed by atoms with Gasteiger partial charge in [-0.3, -0.25) is 19.3 Å². The van der Waals surface area contributed by atoms with Gasteiger partial charge in [0, 0.05) is 18.7 Å². The monoisotopic (exact) mass is 498 g/mol. The van der Waals surface area contributed by atoms with Crippen LogP contribution in [-0.4, -0.2) is 54.0 Å². The van der Waals surface area contributed by atoms with E-state index >= 15 is 0 Å². The number of fused-ring (bicyclic) bond motifs is 1. The van der Waals surface area contributed by atoms with Crippen LogP contribution in [0.15, 0.2) is 12.1 Å². The van der Waals surface area contributed by atoms with Crippen molar-refractivity contribution < 1.29 is 59.4 Å². The molecule has 0 atom stereocenters. The van der Waals surface area contributed by atoms with Crippen LogP contribution in [0.1, 0.15) is 0 Å². The number of ether oxygens (including phenoxy) is 1. The summed E-state index contributed by atoms with van der Waals surface area (Å²) in [6, 6.07) is 0.377. The lowest BCUT2D eigenvalue weighted by Crippen LogP contribution is -2.54. The van der Waals surface area contributed by atoms with E-state index in [1.807, 2.05) is 0 Å². The summed E-state index contributed by atoms with van der Waals surface area (Å²) in [5, 5.41) is 8.73. The number of amides is 2. The van der Waals surface area contributed by atoms with Gasteiger partial charge in [0.05, 0.1) is 11.3 Å². The lowest BCUT2D eigenvalue weighted by Gasteiger charge is -2.34. The summed E-state index contributed by atoms with van der Waals surface area (Å²) in [6.07, 6.45) is -4.64. The molecular formula is C19H10F8N2O5. The number of carboxylic acid groups (broad SMARTS) is 1. The number of hydrogen-bond donors (Lipinski definition) is 1. The second-order valence-electron chi connectivity index (χ2n) is 6.90. The van der Waals surface area contributed by atoms with E-state index in [0.29, 0.717) is 4.90 Å². The van der Waals surface area contributed by atoms with Crippen LogP contribution in [0.5, 0.6) is 5.75 Å². The molecule has 182 valence electrons. The molecule has 0 fully saturated rings. The van der Waals surface area contributed by atoms with Crippen molar-refractivity contribution in [3.63, 3.8) is 0 Å². The van der Waals surface area contributed by atoms with Crippen molar-refractivity contribution in [2.24, 2.45) is 0 Å². The summed E-state index contributed by atoms with van der Waals surface area (Å²) in [7, 11) is 0.950. The predicted octanol–water partition coefficient (Wildman–Crippen LogP) is 3.05. The molecule has 1 N–H and O–H groups in total. The van der Waals surface area contributed by atoms with Gasteiger partial charge >= 0.3 is 18.0 Å². The highest BCUT2D eigenvalue weighted by Crippen LogP contribution is 2.44. The molecule has 1 heterocycles. The average molecular weight is 498 g/mol. The predicted molar refractivity (Wildman–Crippen MR) is 94.8 cm³/mol. The summed E-state index contributed by atoms with van der Waals surface area (Å²) in [6.45, 7) is -2.17. The van der Waals surface area contributed by atoms with Gasteiger partial charge in [0.1, 0.15) is 18.9 Å². The third-order valence-corrected chi connectivity index (χ3v) is 4.64. The van der Waals surface area contributed by atoms with Gasteiger partial charge in [-0.1, -0.05) is 0 Å². The maximum absolute atomic E-state index is 14.6. The van der Waals surface area contributed by atoms with Gasteiger partial charge < -0.3 is 14.7 Å². The zero-order chi connectivity index (χ0) is 25.7. The Morgan fingerprint density at radius 1 is 1.00 bits per heavy atom. The summed E-state index contributed by atoms with van der Waals surface area (Å²) in [5.41, 5.74) is -3.98. The number of hydrogen-bond acceptors (Lipinski definition) is 4. The molecule has 1 aliphatic heterocycles. The van der Waals surface area contributed by atoms with E-state index in [1.165, 1.54) is 0 Å². The van der Waals surface area contributed by atoms with Crippen molar-refractivity contribution in [1.29, 1.82) is 0 Å². The van der Waals surface area contributed by atoms with Crippen molar-refractivity contribution >= 4 is 23.5 Å². The summed E-state index contributed by atoms with van der Waals surface area (Å²) in [4.78, 5) is 35.6. The number of carboxylic acids is 1. The van der Waals surface area contributed by atoms with Crippen LogP contribution >= 0.6 is 0 Å². The zero-order valence-electron chi connectivity index (χ0n) is 16.6. The van der Waals surface area contributed by atoms with Gasteiger partial charge in [-0.05, 0) is 6.07 Å². The van der Waals surface area contributed by atoms with Crippen molar-refractivity contribution in [3.8, 4) is 16.9 Å². The lowest BCUT2D eigenvalue weighted by atomic mass is 10.0. The summed E-state index contributed by atoms with van der Waals surface area (Å²) < 4.78 is 116. The first-order chi connectivity index (χ1) is 15.7. The van der Waals surface area contributed by atoms with Crippen molar-refractivity contribution in [1.82, 2.24) is 4.90 Å². The highest BCUT2D eigenvalue weighted by Gasteiger charge is 2.51. The molecule has 0 spiro atoms. The number of nitrogens with zero attached hydrogens (tertiary/aromatic N) is 2. The van der Waals surface area contributed by atoms with Gasteiger partial charge in [0.15, 0.2) is 29.0 Å². The van der Waals surface area contributed by atoms with Gasteiger partial charge in [-0.25, -0.2) is 26.3 Å². The number of benzene rings is 2. The lowest BCUT2D eigenvalue weighted by molar-refractivity contribution is -0.193. The van der Waals surface area contributed by atoms with Gasteiger partial charge in [0.2, 0.25) is 11.7 Å². The number of rotatable bonds is 5. The smallest absolute Gasteiger partial charge is 0.480 e. The van der Waals surface area contributed by atoms with Gasteiger partial charge in [-0.2, -0.15) is 8.78 Å². The number of carbonyl (C=O) groups is 3. The molecule has 0 radical (unpaired) electrons.